The fraction of sp³-hybridized carbons (Fsp3) is 0.600. The summed E-state index contributed by atoms with van der Waals surface area (Å²) in [7, 11) is 1.73. The third-order valence-electron chi connectivity index (χ3n) is 3.71. The van der Waals surface area contributed by atoms with Crippen molar-refractivity contribution < 1.29 is 9.13 Å². The lowest BCUT2D eigenvalue weighted by Gasteiger charge is -2.27. The van der Waals surface area contributed by atoms with E-state index in [1.807, 2.05) is 0 Å². The van der Waals surface area contributed by atoms with Gasteiger partial charge in [-0.2, -0.15) is 0 Å². The number of hydrogen-bond acceptors (Lipinski definition) is 2. The van der Waals surface area contributed by atoms with Crippen LogP contribution in [0.15, 0.2) is 18.2 Å². The lowest BCUT2D eigenvalue weighted by molar-refractivity contribution is 0.0513. The molecule has 0 heterocycles. The maximum Gasteiger partial charge on any atom is 0.127 e. The Balaban J connectivity index is 2.15. The van der Waals surface area contributed by atoms with E-state index in [0.29, 0.717) is 22.9 Å². The maximum absolute atomic E-state index is 13.9. The molecule has 1 fully saturated rings. The number of methoxy groups -OCH3 is 1. The Morgan fingerprint density at radius 1 is 1.47 bits per heavy atom. The zero-order chi connectivity index (χ0) is 13.8. The SMILES string of the molecule is CCNC(Cc1c(F)cccc1Cl)C(OC)C1CC1. The number of hydrogen-bond donors (Lipinski definition) is 1. The lowest BCUT2D eigenvalue weighted by atomic mass is 9.97. The molecule has 1 aliphatic carbocycles. The molecule has 0 aliphatic heterocycles. The van der Waals surface area contributed by atoms with Gasteiger partial charge < -0.3 is 10.1 Å². The molecular formula is C15H21ClFNO. The van der Waals surface area contributed by atoms with Crippen LogP contribution in [0.5, 0.6) is 0 Å². The number of halogens is 2. The summed E-state index contributed by atoms with van der Waals surface area (Å²) in [6, 6.07) is 4.94. The van der Waals surface area contributed by atoms with E-state index in [9.17, 15) is 4.39 Å². The van der Waals surface area contributed by atoms with E-state index in [4.69, 9.17) is 16.3 Å². The van der Waals surface area contributed by atoms with Gasteiger partial charge in [-0.05, 0) is 43.9 Å². The number of rotatable bonds is 7. The van der Waals surface area contributed by atoms with Crippen molar-refractivity contribution >= 4 is 11.6 Å². The van der Waals surface area contributed by atoms with Crippen LogP contribution >= 0.6 is 11.6 Å². The van der Waals surface area contributed by atoms with E-state index < -0.39 is 0 Å². The molecule has 2 nitrogen and oxygen atoms in total. The molecule has 2 rings (SSSR count). The van der Waals surface area contributed by atoms with E-state index in [0.717, 1.165) is 6.54 Å². The summed E-state index contributed by atoms with van der Waals surface area (Å²) in [6.45, 7) is 2.89. The van der Waals surface area contributed by atoms with E-state index in [1.165, 1.54) is 18.9 Å². The van der Waals surface area contributed by atoms with Crippen LogP contribution < -0.4 is 5.32 Å². The molecule has 0 spiro atoms. The quantitative estimate of drug-likeness (QED) is 0.829. The monoisotopic (exact) mass is 285 g/mol. The van der Waals surface area contributed by atoms with Crippen LogP contribution in [-0.2, 0) is 11.2 Å². The summed E-state index contributed by atoms with van der Waals surface area (Å²) in [5, 5.41) is 3.90. The first-order chi connectivity index (χ1) is 9.17. The molecule has 4 heteroatoms. The summed E-state index contributed by atoms with van der Waals surface area (Å²) in [5.41, 5.74) is 0.581. The van der Waals surface area contributed by atoms with Gasteiger partial charge in [-0.25, -0.2) is 4.39 Å². The number of likely N-dealkylation sites (N-methyl/N-ethyl adjacent to an activating group) is 1. The van der Waals surface area contributed by atoms with Crippen LogP contribution in [0.1, 0.15) is 25.3 Å². The van der Waals surface area contributed by atoms with Gasteiger partial charge in [-0.15, -0.1) is 0 Å². The van der Waals surface area contributed by atoms with Crippen molar-refractivity contribution in [1.29, 1.82) is 0 Å². The standard InChI is InChI=1S/C15H21ClFNO/c1-3-18-14(15(19-2)10-7-8-10)9-11-12(16)5-4-6-13(11)17/h4-6,10,14-15,18H,3,7-9H2,1-2H3. The largest absolute Gasteiger partial charge is 0.380 e. The summed E-state index contributed by atoms with van der Waals surface area (Å²) >= 11 is 6.11. The Labute approximate surface area is 119 Å². The van der Waals surface area contributed by atoms with E-state index in [2.05, 4.69) is 12.2 Å². The third-order valence-corrected chi connectivity index (χ3v) is 4.06. The topological polar surface area (TPSA) is 21.3 Å². The fourth-order valence-electron chi connectivity index (χ4n) is 2.62. The first-order valence-corrected chi connectivity index (χ1v) is 7.24. The maximum atomic E-state index is 13.9. The van der Waals surface area contributed by atoms with Gasteiger partial charge in [0.15, 0.2) is 0 Å². The summed E-state index contributed by atoms with van der Waals surface area (Å²) in [5.74, 6) is 0.362. The number of nitrogens with one attached hydrogen (secondary N) is 1. The molecule has 0 aromatic heterocycles. The van der Waals surface area contributed by atoms with Crippen molar-refractivity contribution in [1.82, 2.24) is 5.32 Å². The molecule has 0 bridgehead atoms. The number of ether oxygens (including phenoxy) is 1. The molecule has 1 aromatic carbocycles. The van der Waals surface area contributed by atoms with Gasteiger partial charge in [-0.1, -0.05) is 24.6 Å². The molecule has 0 saturated heterocycles. The zero-order valence-corrected chi connectivity index (χ0v) is 12.2. The second kappa shape index (κ2) is 6.69. The van der Waals surface area contributed by atoms with Gasteiger partial charge in [0.25, 0.3) is 0 Å². The van der Waals surface area contributed by atoms with Crippen LogP contribution in [-0.4, -0.2) is 25.8 Å². The number of benzene rings is 1. The average Bonchev–Trinajstić information content (AvgIpc) is 3.19. The van der Waals surface area contributed by atoms with Crippen LogP contribution in [0.2, 0.25) is 5.02 Å². The molecule has 2 unspecified atom stereocenters. The van der Waals surface area contributed by atoms with Crippen molar-refractivity contribution in [2.24, 2.45) is 5.92 Å². The van der Waals surface area contributed by atoms with Crippen LogP contribution in [0.3, 0.4) is 0 Å². The van der Waals surface area contributed by atoms with Crippen LogP contribution in [0, 0.1) is 11.7 Å². The molecule has 1 aromatic rings. The average molecular weight is 286 g/mol. The smallest absolute Gasteiger partial charge is 0.127 e. The van der Waals surface area contributed by atoms with E-state index in [1.54, 1.807) is 19.2 Å². The minimum absolute atomic E-state index is 0.108. The van der Waals surface area contributed by atoms with Gasteiger partial charge in [0, 0.05) is 23.7 Å². The molecule has 1 saturated carbocycles. The highest BCUT2D eigenvalue weighted by Gasteiger charge is 2.37. The Morgan fingerprint density at radius 2 is 2.21 bits per heavy atom. The first kappa shape index (κ1) is 14.8. The molecule has 1 aliphatic rings. The van der Waals surface area contributed by atoms with Crippen molar-refractivity contribution in [3.8, 4) is 0 Å². The predicted octanol–water partition coefficient (Wildman–Crippen LogP) is 3.42. The Bertz CT molecular complexity index is 402. The highest BCUT2D eigenvalue weighted by atomic mass is 35.5. The second-order valence-electron chi connectivity index (χ2n) is 5.11. The zero-order valence-electron chi connectivity index (χ0n) is 11.5. The molecule has 1 N–H and O–H groups in total. The summed E-state index contributed by atoms with van der Waals surface area (Å²) in [4.78, 5) is 0. The van der Waals surface area contributed by atoms with Crippen LogP contribution in [0.4, 0.5) is 4.39 Å². The van der Waals surface area contributed by atoms with Gasteiger partial charge in [0.2, 0.25) is 0 Å². The molecule has 106 valence electrons. The lowest BCUT2D eigenvalue weighted by Crippen LogP contribution is -2.44. The molecule has 2 atom stereocenters. The minimum Gasteiger partial charge on any atom is -0.380 e. The van der Waals surface area contributed by atoms with Crippen LogP contribution in [0.25, 0.3) is 0 Å². The fourth-order valence-corrected chi connectivity index (χ4v) is 2.86. The third kappa shape index (κ3) is 3.68. The summed E-state index contributed by atoms with van der Waals surface area (Å²) in [6.07, 6.45) is 3.10. The summed E-state index contributed by atoms with van der Waals surface area (Å²) < 4.78 is 19.5. The van der Waals surface area contributed by atoms with Crippen molar-refractivity contribution in [2.75, 3.05) is 13.7 Å². The van der Waals surface area contributed by atoms with Crippen molar-refractivity contribution in [3.63, 3.8) is 0 Å². The molecule has 19 heavy (non-hydrogen) atoms. The van der Waals surface area contributed by atoms with Gasteiger partial charge >= 0.3 is 0 Å². The van der Waals surface area contributed by atoms with Gasteiger partial charge in [0.05, 0.1) is 6.10 Å². The Kier molecular flexibility index (Phi) is 5.20. The van der Waals surface area contributed by atoms with E-state index >= 15 is 0 Å². The van der Waals surface area contributed by atoms with Gasteiger partial charge in [-0.3, -0.25) is 0 Å². The van der Waals surface area contributed by atoms with E-state index in [-0.39, 0.29) is 18.0 Å². The highest BCUT2D eigenvalue weighted by Crippen LogP contribution is 2.36. The molecule has 0 radical (unpaired) electrons. The second-order valence-corrected chi connectivity index (χ2v) is 5.51. The predicted molar refractivity (Wildman–Crippen MR) is 76.1 cm³/mol. The molecule has 0 amide bonds. The van der Waals surface area contributed by atoms with Crippen molar-refractivity contribution in [3.05, 3.63) is 34.6 Å². The van der Waals surface area contributed by atoms with Crippen molar-refractivity contribution in [2.45, 2.75) is 38.3 Å². The Hall–Kier alpha value is -0.640. The molecular weight excluding hydrogens is 265 g/mol. The minimum atomic E-state index is -0.235. The highest BCUT2D eigenvalue weighted by molar-refractivity contribution is 6.31. The normalized spacial score (nSPS) is 18.3. The first-order valence-electron chi connectivity index (χ1n) is 6.86. The Morgan fingerprint density at radius 3 is 2.74 bits per heavy atom. The van der Waals surface area contributed by atoms with Gasteiger partial charge in [0.1, 0.15) is 5.82 Å².